The van der Waals surface area contributed by atoms with Gasteiger partial charge in [-0.05, 0) is 18.2 Å². The lowest BCUT2D eigenvalue weighted by Gasteiger charge is -2.02. The molecule has 0 aliphatic carbocycles. The number of hydrogen-bond donors (Lipinski definition) is 0. The molecular weight excluding hydrogens is 198 g/mol. The minimum Gasteiger partial charge on any atom is -0.256 e. The lowest BCUT2D eigenvalue weighted by atomic mass is 10.0. The van der Waals surface area contributed by atoms with E-state index in [0.29, 0.717) is 16.8 Å². The summed E-state index contributed by atoms with van der Waals surface area (Å²) in [6.07, 6.45) is 1.55. The number of aromatic nitrogens is 1. The first kappa shape index (κ1) is 9.89. The van der Waals surface area contributed by atoms with Crippen LogP contribution in [-0.2, 0) is 0 Å². The highest BCUT2D eigenvalue weighted by molar-refractivity contribution is 5.68. The summed E-state index contributed by atoms with van der Waals surface area (Å²) >= 11 is 0. The molecule has 1 aromatic heterocycles. The number of nitriles is 2. The second kappa shape index (κ2) is 4.25. The Bertz CT molecular complexity index is 589. The van der Waals surface area contributed by atoms with Crippen LogP contribution in [0.3, 0.4) is 0 Å². The molecule has 0 amide bonds. The van der Waals surface area contributed by atoms with Gasteiger partial charge in [-0.25, -0.2) is 0 Å². The fourth-order valence-electron chi connectivity index (χ4n) is 1.41. The van der Waals surface area contributed by atoms with Crippen molar-refractivity contribution in [2.75, 3.05) is 0 Å². The minimum absolute atomic E-state index is 0.456. The predicted octanol–water partition coefficient (Wildman–Crippen LogP) is 2.29. The molecule has 0 aliphatic rings. The molecule has 0 atom stereocenters. The van der Waals surface area contributed by atoms with Crippen LogP contribution in [0, 0.1) is 28.7 Å². The molecule has 2 aromatic rings. The van der Waals surface area contributed by atoms with Crippen molar-refractivity contribution in [2.45, 2.75) is 0 Å². The molecule has 0 unspecified atom stereocenters. The van der Waals surface area contributed by atoms with Gasteiger partial charge in [-0.3, -0.25) is 4.98 Å². The van der Waals surface area contributed by atoms with Crippen LogP contribution in [0.15, 0.2) is 36.5 Å². The topological polar surface area (TPSA) is 60.5 Å². The zero-order valence-electron chi connectivity index (χ0n) is 8.31. The first-order valence-electron chi connectivity index (χ1n) is 4.62. The van der Waals surface area contributed by atoms with Crippen molar-refractivity contribution >= 4 is 0 Å². The maximum absolute atomic E-state index is 9.00. The Morgan fingerprint density at radius 1 is 1.12 bits per heavy atom. The highest BCUT2D eigenvalue weighted by Gasteiger charge is 2.06. The summed E-state index contributed by atoms with van der Waals surface area (Å²) in [6.45, 7) is 0. The average Bonchev–Trinajstić information content (AvgIpc) is 2.39. The molecule has 1 radical (unpaired) electrons. The van der Waals surface area contributed by atoms with Crippen molar-refractivity contribution < 1.29 is 0 Å². The molecule has 1 heterocycles. The standard InChI is InChI=1S/C13H6N3/c14-8-10-4-5-12(11(7-10)9-15)13-3-1-2-6-16-13/h1,3-7H. The normalized spacial score (nSPS) is 9.12. The van der Waals surface area contributed by atoms with Crippen LogP contribution in [-0.4, -0.2) is 4.98 Å². The van der Waals surface area contributed by atoms with Gasteiger partial charge in [-0.15, -0.1) is 0 Å². The molecular formula is C13H6N3. The van der Waals surface area contributed by atoms with Crippen LogP contribution < -0.4 is 0 Å². The highest BCUT2D eigenvalue weighted by Crippen LogP contribution is 2.21. The number of rotatable bonds is 1. The van der Waals surface area contributed by atoms with Crippen LogP contribution >= 0.6 is 0 Å². The van der Waals surface area contributed by atoms with Crippen molar-refractivity contribution in [1.29, 1.82) is 10.5 Å². The second-order valence-electron chi connectivity index (χ2n) is 3.13. The Balaban J connectivity index is 2.60. The van der Waals surface area contributed by atoms with E-state index in [4.69, 9.17) is 10.5 Å². The van der Waals surface area contributed by atoms with Crippen molar-refractivity contribution in [2.24, 2.45) is 0 Å². The first-order chi connectivity index (χ1) is 7.85. The SMILES string of the molecule is N#Cc1ccc(-c2cc[c]cn2)c(C#N)c1. The Hall–Kier alpha value is -2.65. The van der Waals surface area contributed by atoms with Crippen molar-refractivity contribution in [3.8, 4) is 23.4 Å². The largest absolute Gasteiger partial charge is 0.256 e. The molecule has 73 valence electrons. The van der Waals surface area contributed by atoms with Gasteiger partial charge in [0.25, 0.3) is 0 Å². The fourth-order valence-corrected chi connectivity index (χ4v) is 1.41. The van der Waals surface area contributed by atoms with Crippen LogP contribution in [0.2, 0.25) is 0 Å². The van der Waals surface area contributed by atoms with Gasteiger partial charge < -0.3 is 0 Å². The first-order valence-corrected chi connectivity index (χ1v) is 4.62. The third kappa shape index (κ3) is 1.75. The van der Waals surface area contributed by atoms with Gasteiger partial charge >= 0.3 is 0 Å². The van der Waals surface area contributed by atoms with E-state index in [1.165, 1.54) is 0 Å². The second-order valence-corrected chi connectivity index (χ2v) is 3.13. The Morgan fingerprint density at radius 2 is 2.00 bits per heavy atom. The third-order valence-electron chi connectivity index (χ3n) is 2.16. The molecule has 16 heavy (non-hydrogen) atoms. The van der Waals surface area contributed by atoms with E-state index in [1.807, 2.05) is 6.07 Å². The number of hydrogen-bond acceptors (Lipinski definition) is 3. The molecule has 0 N–H and O–H groups in total. The van der Waals surface area contributed by atoms with Crippen LogP contribution in [0.4, 0.5) is 0 Å². The zero-order chi connectivity index (χ0) is 11.4. The van der Waals surface area contributed by atoms with Gasteiger partial charge in [0.05, 0.1) is 29.0 Å². The molecule has 0 spiro atoms. The number of pyridine rings is 1. The molecule has 0 fully saturated rings. The van der Waals surface area contributed by atoms with E-state index in [0.717, 1.165) is 5.56 Å². The van der Waals surface area contributed by atoms with Gasteiger partial charge in [0.2, 0.25) is 0 Å². The fraction of sp³-hybridized carbons (Fsp3) is 0. The Labute approximate surface area is 93.2 Å². The number of nitrogens with zero attached hydrogens (tertiary/aromatic N) is 3. The minimum atomic E-state index is 0.456. The van der Waals surface area contributed by atoms with Gasteiger partial charge in [-0.2, -0.15) is 10.5 Å². The Morgan fingerprint density at radius 3 is 2.62 bits per heavy atom. The molecule has 3 heteroatoms. The summed E-state index contributed by atoms with van der Waals surface area (Å²) in [5.74, 6) is 0. The zero-order valence-corrected chi connectivity index (χ0v) is 8.31. The van der Waals surface area contributed by atoms with E-state index < -0.39 is 0 Å². The molecule has 0 bridgehead atoms. The Kier molecular flexibility index (Phi) is 2.63. The molecule has 0 aliphatic heterocycles. The van der Waals surface area contributed by atoms with Crippen LogP contribution in [0.5, 0.6) is 0 Å². The smallest absolute Gasteiger partial charge is 0.0999 e. The molecule has 3 nitrogen and oxygen atoms in total. The summed E-state index contributed by atoms with van der Waals surface area (Å²) in [4.78, 5) is 4.12. The average molecular weight is 204 g/mol. The summed E-state index contributed by atoms with van der Waals surface area (Å²) in [5, 5.41) is 17.7. The van der Waals surface area contributed by atoms with Crippen molar-refractivity contribution in [3.63, 3.8) is 0 Å². The molecule has 2 rings (SSSR count). The maximum Gasteiger partial charge on any atom is 0.0999 e. The van der Waals surface area contributed by atoms with E-state index in [-0.39, 0.29) is 0 Å². The third-order valence-corrected chi connectivity index (χ3v) is 2.16. The van der Waals surface area contributed by atoms with Gasteiger partial charge in [-0.1, -0.05) is 12.1 Å². The van der Waals surface area contributed by atoms with Gasteiger partial charge in [0.15, 0.2) is 0 Å². The van der Waals surface area contributed by atoms with E-state index in [9.17, 15) is 0 Å². The van der Waals surface area contributed by atoms with E-state index >= 15 is 0 Å². The number of benzene rings is 1. The maximum atomic E-state index is 9.00. The van der Waals surface area contributed by atoms with E-state index in [2.05, 4.69) is 17.1 Å². The highest BCUT2D eigenvalue weighted by atomic mass is 14.7. The summed E-state index contributed by atoms with van der Waals surface area (Å²) in [5.41, 5.74) is 2.37. The van der Waals surface area contributed by atoms with Crippen molar-refractivity contribution in [3.05, 3.63) is 53.7 Å². The van der Waals surface area contributed by atoms with Crippen molar-refractivity contribution in [1.82, 2.24) is 4.98 Å². The van der Waals surface area contributed by atoms with E-state index in [1.54, 1.807) is 36.5 Å². The van der Waals surface area contributed by atoms with Gasteiger partial charge in [0.1, 0.15) is 0 Å². The monoisotopic (exact) mass is 204 g/mol. The predicted molar refractivity (Wildman–Crippen MR) is 57.9 cm³/mol. The molecule has 1 aromatic carbocycles. The lowest BCUT2D eigenvalue weighted by molar-refractivity contribution is 1.31. The lowest BCUT2D eigenvalue weighted by Crippen LogP contribution is -1.88. The van der Waals surface area contributed by atoms with Crippen LogP contribution in [0.25, 0.3) is 11.3 Å². The van der Waals surface area contributed by atoms with Gasteiger partial charge in [0, 0.05) is 17.8 Å². The quantitative estimate of drug-likeness (QED) is 0.716. The summed E-state index contributed by atoms with van der Waals surface area (Å²) < 4.78 is 0. The van der Waals surface area contributed by atoms with Crippen LogP contribution in [0.1, 0.15) is 11.1 Å². The molecule has 0 saturated heterocycles. The molecule has 0 saturated carbocycles. The summed E-state index contributed by atoms with van der Waals surface area (Å²) in [7, 11) is 0. The summed E-state index contributed by atoms with van der Waals surface area (Å²) in [6, 6.07) is 15.4.